The summed E-state index contributed by atoms with van der Waals surface area (Å²) in [6, 6.07) is 0. The fourth-order valence-corrected chi connectivity index (χ4v) is 7.90. The van der Waals surface area contributed by atoms with E-state index in [1.54, 1.807) is 0 Å². The number of esters is 4. The van der Waals surface area contributed by atoms with E-state index >= 15 is 0 Å². The second-order valence-corrected chi connectivity index (χ2v) is 12.5. The van der Waals surface area contributed by atoms with Crippen molar-refractivity contribution >= 4 is 23.9 Å². The van der Waals surface area contributed by atoms with Gasteiger partial charge >= 0.3 is 23.9 Å². The van der Waals surface area contributed by atoms with Gasteiger partial charge in [-0.3, -0.25) is 4.79 Å². The van der Waals surface area contributed by atoms with Gasteiger partial charge in [0.15, 0.2) is 6.10 Å². The van der Waals surface area contributed by atoms with Gasteiger partial charge in [-0.1, -0.05) is 25.2 Å². The van der Waals surface area contributed by atoms with E-state index in [1.807, 2.05) is 26.0 Å². The van der Waals surface area contributed by atoms with Gasteiger partial charge in [0.1, 0.15) is 31.0 Å². The Morgan fingerprint density at radius 3 is 2.55 bits per heavy atom. The van der Waals surface area contributed by atoms with Gasteiger partial charge in [-0.05, 0) is 43.8 Å². The highest BCUT2D eigenvalue weighted by Gasteiger charge is 2.64. The molecule has 0 aromatic heterocycles. The molecule has 5 aliphatic heterocycles. The third kappa shape index (κ3) is 5.11. The number of aliphatic hydroxyl groups is 2. The molecule has 1 spiro atoms. The lowest BCUT2D eigenvalue weighted by Crippen LogP contribution is -2.69. The van der Waals surface area contributed by atoms with Crippen LogP contribution < -0.4 is 0 Å². The first kappa shape index (κ1) is 30.7. The highest BCUT2D eigenvalue weighted by molar-refractivity contribution is 6.14. The van der Waals surface area contributed by atoms with E-state index in [0.717, 1.165) is 18.3 Å². The van der Waals surface area contributed by atoms with Gasteiger partial charge in [0.2, 0.25) is 0 Å². The summed E-state index contributed by atoms with van der Waals surface area (Å²) in [7, 11) is 1.41. The number of aliphatic hydroxyl groups excluding tert-OH is 2. The number of rotatable bonds is 1. The molecule has 1 saturated carbocycles. The average molecular weight is 615 g/mol. The molecule has 2 aliphatic carbocycles. The largest absolute Gasteiger partial charge is 0.498 e. The van der Waals surface area contributed by atoms with E-state index in [1.165, 1.54) is 13.2 Å². The molecular formula is C32H38O12. The van der Waals surface area contributed by atoms with Crippen LogP contribution in [0.25, 0.3) is 0 Å². The van der Waals surface area contributed by atoms with E-state index < -0.39 is 59.8 Å². The molecule has 4 bridgehead atoms. The van der Waals surface area contributed by atoms with Gasteiger partial charge in [0, 0.05) is 31.3 Å². The lowest BCUT2D eigenvalue weighted by molar-refractivity contribution is -0.276. The van der Waals surface area contributed by atoms with Gasteiger partial charge in [0.05, 0.1) is 35.5 Å². The molecule has 3 fully saturated rings. The molecule has 2 saturated heterocycles. The van der Waals surface area contributed by atoms with E-state index in [0.29, 0.717) is 0 Å². The molecular weight excluding hydrogens is 576 g/mol. The van der Waals surface area contributed by atoms with E-state index in [9.17, 15) is 29.4 Å². The van der Waals surface area contributed by atoms with Crippen molar-refractivity contribution in [3.63, 3.8) is 0 Å². The maximum atomic E-state index is 13.6. The predicted octanol–water partition coefficient (Wildman–Crippen LogP) is 1.44. The van der Waals surface area contributed by atoms with Crippen LogP contribution in [0.1, 0.15) is 39.5 Å². The molecule has 0 aromatic rings. The second kappa shape index (κ2) is 11.9. The number of ether oxygens (including phenoxy) is 6. The fraction of sp³-hybridized carbons (Fsp3) is 0.625. The lowest BCUT2D eigenvalue weighted by atomic mass is 9.52. The summed E-state index contributed by atoms with van der Waals surface area (Å²) in [6.07, 6.45) is 4.57. The maximum Gasteiger partial charge on any atom is 0.346 e. The van der Waals surface area contributed by atoms with Gasteiger partial charge in [-0.15, -0.1) is 0 Å². The minimum Gasteiger partial charge on any atom is -0.498 e. The zero-order chi connectivity index (χ0) is 31.3. The van der Waals surface area contributed by atoms with Gasteiger partial charge in [0.25, 0.3) is 0 Å². The Bertz CT molecular complexity index is 1340. The van der Waals surface area contributed by atoms with Crippen molar-refractivity contribution in [2.45, 2.75) is 75.7 Å². The number of hydrogen-bond acceptors (Lipinski definition) is 12. The third-order valence-corrected chi connectivity index (χ3v) is 10.2. The van der Waals surface area contributed by atoms with Crippen molar-refractivity contribution in [1.29, 1.82) is 0 Å². The molecule has 5 heterocycles. The SMILES string of the molecule is COC1CC2C=CC3CC4OC2(/C(C)=C/C2COC(=O)CCC5=C(/C=C/OCC(O)C2OC1=O)C(=O)OC5=O)C3C(O)C4C. The molecule has 12 heteroatoms. The van der Waals surface area contributed by atoms with Crippen molar-refractivity contribution in [2.24, 2.45) is 29.6 Å². The molecule has 11 unspecified atom stereocenters. The Hall–Kier alpha value is -3.32. The molecule has 44 heavy (non-hydrogen) atoms. The zero-order valence-electron chi connectivity index (χ0n) is 24.9. The molecule has 0 aromatic carbocycles. The van der Waals surface area contributed by atoms with Crippen LogP contribution in [0.5, 0.6) is 0 Å². The monoisotopic (exact) mass is 614 g/mol. The summed E-state index contributed by atoms with van der Waals surface area (Å²) in [6.45, 7) is 3.25. The second-order valence-electron chi connectivity index (χ2n) is 12.5. The Kier molecular flexibility index (Phi) is 8.29. The van der Waals surface area contributed by atoms with Gasteiger partial charge in [-0.2, -0.15) is 0 Å². The Balaban J connectivity index is 1.39. The van der Waals surface area contributed by atoms with Crippen LogP contribution in [-0.2, 0) is 47.6 Å². The number of fused-ring (bicyclic) bond motifs is 2. The highest BCUT2D eigenvalue weighted by Crippen LogP contribution is 2.59. The van der Waals surface area contributed by atoms with Crippen LogP contribution in [0.15, 0.2) is 47.3 Å². The Labute approximate surface area is 254 Å². The molecule has 0 radical (unpaired) electrons. The van der Waals surface area contributed by atoms with Crippen molar-refractivity contribution in [3.05, 3.63) is 47.3 Å². The zero-order valence-corrected chi connectivity index (χ0v) is 24.9. The normalized spacial score (nSPS) is 44.4. The van der Waals surface area contributed by atoms with Gasteiger partial charge in [-0.25, -0.2) is 14.4 Å². The summed E-state index contributed by atoms with van der Waals surface area (Å²) < 4.78 is 34.2. The molecule has 12 nitrogen and oxygen atoms in total. The first-order valence-corrected chi connectivity index (χ1v) is 15.1. The van der Waals surface area contributed by atoms with Crippen molar-refractivity contribution in [2.75, 3.05) is 20.3 Å². The number of cyclic esters (lactones) is 3. The van der Waals surface area contributed by atoms with E-state index in [4.69, 9.17) is 23.7 Å². The Morgan fingerprint density at radius 1 is 1.00 bits per heavy atom. The topological polar surface area (TPSA) is 164 Å². The predicted molar refractivity (Wildman–Crippen MR) is 149 cm³/mol. The van der Waals surface area contributed by atoms with Crippen LogP contribution in [-0.4, -0.2) is 90.5 Å². The summed E-state index contributed by atoms with van der Waals surface area (Å²) in [4.78, 5) is 50.8. The van der Waals surface area contributed by atoms with Crippen molar-refractivity contribution < 1.29 is 57.8 Å². The average Bonchev–Trinajstić information content (AvgIpc) is 3.26. The molecule has 7 aliphatic rings. The van der Waals surface area contributed by atoms with E-state index in [2.05, 4.69) is 10.8 Å². The number of carbonyl (C=O) groups is 4. The van der Waals surface area contributed by atoms with Crippen LogP contribution in [0, 0.1) is 29.6 Å². The Morgan fingerprint density at radius 2 is 1.80 bits per heavy atom. The molecule has 0 amide bonds. The summed E-state index contributed by atoms with van der Waals surface area (Å²) in [5.41, 5.74) is -0.212. The third-order valence-electron chi connectivity index (χ3n) is 10.2. The molecule has 238 valence electrons. The van der Waals surface area contributed by atoms with Crippen LogP contribution in [0.3, 0.4) is 0 Å². The molecule has 11 atom stereocenters. The minimum atomic E-state index is -1.40. The highest BCUT2D eigenvalue weighted by atomic mass is 16.6. The fourth-order valence-electron chi connectivity index (χ4n) is 7.90. The number of carbonyl (C=O) groups excluding carboxylic acids is 4. The standard InChI is InChI=1S/C32H38O12/c1-15-10-18-13-41-25(34)7-6-20-21(30(37)43-29(20)36)8-9-40-14-22(33)28(18)42-31(38)24(39-3)12-19-5-4-17-11-23-16(2)27(35)26(17)32(15,19)44-23/h4-5,8-10,16-19,22-24,26-28,33,35H,6-7,11-14H2,1-3H3/b9-8+,15-10+. The van der Waals surface area contributed by atoms with Crippen LogP contribution in [0.2, 0.25) is 0 Å². The summed E-state index contributed by atoms with van der Waals surface area (Å²) in [5, 5.41) is 22.8. The molecule has 2 N–H and O–H groups in total. The minimum absolute atomic E-state index is 0.0265. The van der Waals surface area contributed by atoms with Gasteiger partial charge < -0.3 is 38.6 Å². The number of hydrogen-bond donors (Lipinski definition) is 2. The lowest BCUT2D eigenvalue weighted by Gasteiger charge is -2.64. The maximum absolute atomic E-state index is 13.6. The number of allylic oxidation sites excluding steroid dienone is 1. The van der Waals surface area contributed by atoms with E-state index in [-0.39, 0.29) is 73.4 Å². The number of methoxy groups -OCH3 is 1. The summed E-state index contributed by atoms with van der Waals surface area (Å²) >= 11 is 0. The first-order valence-electron chi connectivity index (χ1n) is 15.1. The van der Waals surface area contributed by atoms with Crippen molar-refractivity contribution in [3.8, 4) is 0 Å². The molecule has 7 rings (SSSR count). The van der Waals surface area contributed by atoms with Crippen LogP contribution in [0.4, 0.5) is 0 Å². The van der Waals surface area contributed by atoms with Crippen molar-refractivity contribution in [1.82, 2.24) is 0 Å². The summed E-state index contributed by atoms with van der Waals surface area (Å²) in [5.74, 6) is -4.51. The quantitative estimate of drug-likeness (QED) is 0.189. The smallest absolute Gasteiger partial charge is 0.346 e. The van der Waals surface area contributed by atoms with Crippen LogP contribution >= 0.6 is 0 Å². The first-order chi connectivity index (χ1) is 21.0.